The van der Waals surface area contributed by atoms with Gasteiger partial charge in [0.15, 0.2) is 0 Å². The van der Waals surface area contributed by atoms with E-state index in [1.54, 1.807) is 42.5 Å². The van der Waals surface area contributed by atoms with Crippen molar-refractivity contribution in [3.8, 4) is 0 Å². The van der Waals surface area contributed by atoms with Crippen LogP contribution >= 0.6 is 66.7 Å². The van der Waals surface area contributed by atoms with Crippen LogP contribution < -0.4 is 0 Å². The molecule has 1 aliphatic heterocycles. The zero-order valence-corrected chi connectivity index (χ0v) is 21.9. The van der Waals surface area contributed by atoms with Gasteiger partial charge >= 0.3 is 0 Å². The molecule has 1 saturated carbocycles. The molecule has 1 aliphatic carbocycles. The van der Waals surface area contributed by atoms with Gasteiger partial charge in [0.1, 0.15) is 0 Å². The SMILES string of the molecule is O=C(c1ccccc1Cl)N(Cc1ccc(Cl)cc1Cl)N1C(=O)[C@@H]2C[C@H](Br)[C@@H](Br)C[C@H]2C1=O. The van der Waals surface area contributed by atoms with Crippen LogP contribution in [0.3, 0.4) is 0 Å². The number of hydrogen-bond acceptors (Lipinski definition) is 3. The topological polar surface area (TPSA) is 57.7 Å². The predicted octanol–water partition coefficient (Wildman–Crippen LogP) is 6.13. The lowest BCUT2D eigenvalue weighted by Gasteiger charge is -2.31. The summed E-state index contributed by atoms with van der Waals surface area (Å²) in [7, 11) is 0. The summed E-state index contributed by atoms with van der Waals surface area (Å²) in [5.74, 6) is -2.35. The summed E-state index contributed by atoms with van der Waals surface area (Å²) < 4.78 is 0. The molecule has 0 spiro atoms. The van der Waals surface area contributed by atoms with E-state index in [9.17, 15) is 14.4 Å². The predicted molar refractivity (Wildman–Crippen MR) is 131 cm³/mol. The number of nitrogens with zero attached hydrogens (tertiary/aromatic N) is 2. The molecule has 1 heterocycles. The Morgan fingerprint density at radius 3 is 2.09 bits per heavy atom. The number of carbonyl (C=O) groups excluding carboxylic acids is 3. The highest BCUT2D eigenvalue weighted by atomic mass is 79.9. The number of carbonyl (C=O) groups is 3. The van der Waals surface area contributed by atoms with Gasteiger partial charge in [0.05, 0.1) is 29.0 Å². The summed E-state index contributed by atoms with van der Waals surface area (Å²) in [6, 6.07) is 11.4. The van der Waals surface area contributed by atoms with Crippen LogP contribution in [0.4, 0.5) is 0 Å². The van der Waals surface area contributed by atoms with Crippen LogP contribution in [0.5, 0.6) is 0 Å². The molecule has 0 bridgehead atoms. The number of imide groups is 1. The lowest BCUT2D eigenvalue weighted by atomic mass is 9.81. The minimum Gasteiger partial charge on any atom is -0.272 e. The average molecular weight is 624 g/mol. The molecule has 0 radical (unpaired) electrons. The third-order valence-corrected chi connectivity index (χ3v) is 9.45. The Bertz CT molecular complexity index is 1070. The van der Waals surface area contributed by atoms with Gasteiger partial charge in [-0.1, -0.05) is 84.9 Å². The van der Waals surface area contributed by atoms with Gasteiger partial charge in [-0.05, 0) is 42.7 Å². The van der Waals surface area contributed by atoms with Crippen LogP contribution in [0.2, 0.25) is 15.1 Å². The first-order valence-corrected chi connectivity index (χ1v) is 12.8. The first kappa shape index (κ1) is 24.0. The first-order chi connectivity index (χ1) is 15.2. The second kappa shape index (κ2) is 9.63. The summed E-state index contributed by atoms with van der Waals surface area (Å²) in [4.78, 5) is 40.4. The number of halogens is 5. The molecule has 32 heavy (non-hydrogen) atoms. The lowest BCUT2D eigenvalue weighted by Crippen LogP contribution is -2.50. The minimum absolute atomic E-state index is 0.0545. The molecule has 2 fully saturated rings. The monoisotopic (exact) mass is 620 g/mol. The number of amides is 3. The van der Waals surface area contributed by atoms with Crippen molar-refractivity contribution < 1.29 is 14.4 Å². The number of benzene rings is 2. The fourth-order valence-corrected chi connectivity index (χ4v) is 6.06. The Balaban J connectivity index is 1.75. The second-order valence-electron chi connectivity index (χ2n) is 7.78. The van der Waals surface area contributed by atoms with Gasteiger partial charge in [0, 0.05) is 19.7 Å². The van der Waals surface area contributed by atoms with Gasteiger partial charge in [-0.15, -0.1) is 0 Å². The largest absolute Gasteiger partial charge is 0.274 e. The van der Waals surface area contributed by atoms with Gasteiger partial charge in [-0.3, -0.25) is 14.4 Å². The van der Waals surface area contributed by atoms with E-state index in [4.69, 9.17) is 34.8 Å². The highest BCUT2D eigenvalue weighted by molar-refractivity contribution is 9.12. The van der Waals surface area contributed by atoms with E-state index in [2.05, 4.69) is 31.9 Å². The molecule has 168 valence electrons. The van der Waals surface area contributed by atoms with E-state index in [1.165, 1.54) is 0 Å². The van der Waals surface area contributed by atoms with Crippen LogP contribution in [0.15, 0.2) is 42.5 Å². The summed E-state index contributed by atoms with van der Waals surface area (Å²) in [5, 5.41) is 3.12. The van der Waals surface area contributed by atoms with Crippen molar-refractivity contribution in [2.45, 2.75) is 29.0 Å². The van der Waals surface area contributed by atoms with Gasteiger partial charge in [-0.2, -0.15) is 5.01 Å². The molecule has 4 rings (SSSR count). The van der Waals surface area contributed by atoms with Gasteiger partial charge < -0.3 is 0 Å². The van der Waals surface area contributed by atoms with Crippen molar-refractivity contribution in [1.82, 2.24) is 10.0 Å². The van der Waals surface area contributed by atoms with Crippen LogP contribution in [-0.4, -0.2) is 37.4 Å². The highest BCUT2D eigenvalue weighted by Crippen LogP contribution is 2.44. The normalized spacial score (nSPS) is 25.1. The Labute approximate surface area is 217 Å². The maximum Gasteiger partial charge on any atom is 0.274 e. The van der Waals surface area contributed by atoms with E-state index in [-0.39, 0.29) is 26.8 Å². The molecule has 10 heteroatoms. The standard InChI is InChI=1S/C22H17Br2Cl3N2O3/c23-16-8-14-15(9-17(16)24)22(32)29(21(14)31)28(10-11-5-6-12(25)7-19(11)27)20(30)13-3-1-2-4-18(13)26/h1-7,14-17H,8-10H2/t14-,15-,16+,17+/m1/s1. The molecule has 4 atom stereocenters. The van der Waals surface area contributed by atoms with E-state index in [0.717, 1.165) is 10.0 Å². The molecule has 5 nitrogen and oxygen atoms in total. The van der Waals surface area contributed by atoms with Gasteiger partial charge in [0.2, 0.25) is 0 Å². The maximum absolute atomic E-state index is 13.6. The molecule has 0 N–H and O–H groups in total. The molecule has 2 aromatic rings. The fourth-order valence-electron chi connectivity index (χ4n) is 4.13. The molecule has 0 aromatic heterocycles. The van der Waals surface area contributed by atoms with Gasteiger partial charge in [0.25, 0.3) is 17.7 Å². The van der Waals surface area contributed by atoms with Crippen LogP contribution in [0, 0.1) is 11.8 Å². The van der Waals surface area contributed by atoms with E-state index in [1.807, 2.05) is 0 Å². The maximum atomic E-state index is 13.6. The molecule has 1 saturated heterocycles. The first-order valence-electron chi connectivity index (χ1n) is 9.85. The summed E-state index contributed by atoms with van der Waals surface area (Å²) in [6.07, 6.45) is 0.995. The third kappa shape index (κ3) is 4.47. The second-order valence-corrected chi connectivity index (χ2v) is 11.4. The Kier molecular flexibility index (Phi) is 7.23. The Morgan fingerprint density at radius 1 is 0.938 bits per heavy atom. The smallest absolute Gasteiger partial charge is 0.272 e. The summed E-state index contributed by atoms with van der Waals surface area (Å²) in [6.45, 7) is -0.0908. The minimum atomic E-state index is -0.562. The highest BCUT2D eigenvalue weighted by Gasteiger charge is 2.54. The Hall–Kier alpha value is -1.12. The van der Waals surface area contributed by atoms with Crippen LogP contribution in [0.25, 0.3) is 0 Å². The number of hydrazine groups is 1. The average Bonchev–Trinajstić information content (AvgIpc) is 2.98. The molecule has 2 aromatic carbocycles. The van der Waals surface area contributed by atoms with Crippen molar-refractivity contribution in [2.75, 3.05) is 0 Å². The van der Waals surface area contributed by atoms with E-state index in [0.29, 0.717) is 28.5 Å². The molecule has 0 unspecified atom stereocenters. The number of rotatable bonds is 4. The van der Waals surface area contributed by atoms with Crippen molar-refractivity contribution in [1.29, 1.82) is 0 Å². The van der Waals surface area contributed by atoms with Crippen LogP contribution in [0.1, 0.15) is 28.8 Å². The third-order valence-electron chi connectivity index (χ3n) is 5.80. The van der Waals surface area contributed by atoms with E-state index < -0.39 is 29.6 Å². The van der Waals surface area contributed by atoms with Crippen molar-refractivity contribution in [3.05, 3.63) is 68.7 Å². The molecule has 2 aliphatic rings. The Morgan fingerprint density at radius 2 is 1.53 bits per heavy atom. The van der Waals surface area contributed by atoms with Gasteiger partial charge in [-0.25, -0.2) is 5.01 Å². The van der Waals surface area contributed by atoms with Crippen LogP contribution in [-0.2, 0) is 16.1 Å². The number of fused-ring (bicyclic) bond motifs is 1. The number of hydrogen-bond donors (Lipinski definition) is 0. The number of alkyl halides is 2. The zero-order valence-electron chi connectivity index (χ0n) is 16.5. The van der Waals surface area contributed by atoms with Crippen molar-refractivity contribution in [2.24, 2.45) is 11.8 Å². The van der Waals surface area contributed by atoms with Crippen molar-refractivity contribution in [3.63, 3.8) is 0 Å². The lowest BCUT2D eigenvalue weighted by molar-refractivity contribution is -0.155. The molecular weight excluding hydrogens is 606 g/mol. The fraction of sp³-hybridized carbons (Fsp3) is 0.318. The van der Waals surface area contributed by atoms with Crippen molar-refractivity contribution >= 4 is 84.4 Å². The zero-order chi connectivity index (χ0) is 23.2. The quantitative estimate of drug-likeness (QED) is 0.305. The summed E-state index contributed by atoms with van der Waals surface area (Å²) >= 11 is 25.8. The summed E-state index contributed by atoms with van der Waals surface area (Å²) in [5.41, 5.74) is 0.732. The molecular formula is C22H17Br2Cl3N2O3. The molecule has 3 amide bonds. The van der Waals surface area contributed by atoms with E-state index >= 15 is 0 Å².